The van der Waals surface area contributed by atoms with Gasteiger partial charge in [0, 0.05) is 94.4 Å². The number of hydrogen-bond donors (Lipinski definition) is 1. The van der Waals surface area contributed by atoms with Crippen LogP contribution in [0.4, 0.5) is 0 Å². The molecule has 4 aromatic heterocycles. The van der Waals surface area contributed by atoms with Crippen LogP contribution in [0.15, 0.2) is 84.9 Å². The van der Waals surface area contributed by atoms with E-state index in [1.165, 1.54) is 154 Å². The molecule has 4 aromatic carbocycles. The maximum Gasteiger partial charge on any atom is 1.00 e. The van der Waals surface area contributed by atoms with Crippen LogP contribution in [0, 0.1) is 0 Å². The van der Waals surface area contributed by atoms with Gasteiger partial charge >= 0.3 is 30.8 Å². The Kier molecular flexibility index (Phi) is 14.8. The largest absolute Gasteiger partial charge is 1.00 e. The Hall–Kier alpha value is -5.54. The Labute approximate surface area is 429 Å². The number of carbonyl (C=O) groups is 2. The zero-order valence-electron chi connectivity index (χ0n) is 42.8. The average Bonchev–Trinajstić information content (AvgIpc) is 4.07. The molecule has 366 valence electrons. The molecule has 0 amide bonds. The van der Waals surface area contributed by atoms with Gasteiger partial charge in [0.05, 0.1) is 40.7 Å². The molecule has 12 heteroatoms. The number of esters is 1. The second-order valence-electron chi connectivity index (χ2n) is 21.0. The van der Waals surface area contributed by atoms with Crippen LogP contribution >= 0.6 is 0 Å². The van der Waals surface area contributed by atoms with E-state index < -0.39 is 5.97 Å². The first-order chi connectivity index (χ1) is 33.6. The van der Waals surface area contributed by atoms with Crippen molar-refractivity contribution >= 4 is 55.6 Å². The van der Waals surface area contributed by atoms with Crippen LogP contribution < -0.4 is 18.9 Å². The number of nitrogens with zero attached hydrogens (tertiary/aromatic N) is 6. The quantitative estimate of drug-likeness (QED) is 0.119. The van der Waals surface area contributed by atoms with E-state index in [0.29, 0.717) is 23.0 Å². The summed E-state index contributed by atoms with van der Waals surface area (Å²) in [5.74, 6) is -0.0306. The van der Waals surface area contributed by atoms with Crippen molar-refractivity contribution < 1.29 is 43.8 Å². The van der Waals surface area contributed by atoms with Gasteiger partial charge in [-0.3, -0.25) is 0 Å². The number of carbonyl (C=O) groups excluding carboxylic acids is 1. The van der Waals surface area contributed by atoms with Crippen molar-refractivity contribution in [1.82, 2.24) is 28.1 Å². The molecule has 2 saturated carbocycles. The van der Waals surface area contributed by atoms with Crippen molar-refractivity contribution in [3.63, 3.8) is 0 Å². The van der Waals surface area contributed by atoms with Crippen molar-refractivity contribution in [2.45, 2.75) is 128 Å². The van der Waals surface area contributed by atoms with Crippen molar-refractivity contribution in [1.29, 1.82) is 0 Å². The van der Waals surface area contributed by atoms with Gasteiger partial charge in [-0.05, 0) is 126 Å². The van der Waals surface area contributed by atoms with Gasteiger partial charge in [0.15, 0.2) is 0 Å². The summed E-state index contributed by atoms with van der Waals surface area (Å²) in [7, 11) is 10.0. The molecule has 2 N–H and O–H groups in total. The fourth-order valence-corrected chi connectivity index (χ4v) is 13.1. The number of carboxylic acids is 1. The molecule has 0 bridgehead atoms. The molecule has 6 heterocycles. The molecule has 0 radical (unpaired) electrons. The van der Waals surface area contributed by atoms with Gasteiger partial charge in [0.2, 0.25) is 0 Å². The minimum Gasteiger partial charge on any atom is -0.870 e. The topological polar surface area (TPSA) is 120 Å². The summed E-state index contributed by atoms with van der Waals surface area (Å²) in [5, 5.41) is 14.9. The number of hydrogen-bond acceptors (Lipinski definition) is 6. The summed E-state index contributed by atoms with van der Waals surface area (Å²) in [5.41, 5.74) is 17.0. The van der Waals surface area contributed by atoms with Gasteiger partial charge in [-0.15, -0.1) is 0 Å². The summed E-state index contributed by atoms with van der Waals surface area (Å²) in [6.45, 7) is 5.68. The minimum absolute atomic E-state index is 0. The molecule has 2 fully saturated rings. The number of fused-ring (bicyclic) bond motifs is 8. The van der Waals surface area contributed by atoms with Gasteiger partial charge in [0.25, 0.3) is 0 Å². The zero-order valence-corrected chi connectivity index (χ0v) is 42.8. The van der Waals surface area contributed by atoms with Gasteiger partial charge in [-0.2, -0.15) is 0 Å². The number of aryl methyl sites for hydroxylation is 4. The molecule has 12 rings (SSSR count). The number of aromatic nitrogens is 4. The van der Waals surface area contributed by atoms with Crippen LogP contribution in [0.1, 0.15) is 132 Å². The first-order valence-electron chi connectivity index (χ1n) is 25.8. The van der Waals surface area contributed by atoms with E-state index in [1.807, 2.05) is 12.1 Å². The van der Waals surface area contributed by atoms with Crippen LogP contribution in [0.5, 0.6) is 0 Å². The number of ether oxygens (including phenoxy) is 1. The third-order valence-corrected chi connectivity index (χ3v) is 15.9. The molecule has 0 spiro atoms. The summed E-state index contributed by atoms with van der Waals surface area (Å²) < 4.78 is 15.1. The summed E-state index contributed by atoms with van der Waals surface area (Å²) in [6.07, 6.45) is 14.8. The first kappa shape index (κ1) is 50.4. The molecule has 8 aromatic rings. The van der Waals surface area contributed by atoms with E-state index in [2.05, 4.69) is 123 Å². The Balaban J connectivity index is 0.000000171. The number of carboxylic acid groups (broad SMARTS) is 1. The van der Waals surface area contributed by atoms with Crippen molar-refractivity contribution in [3.05, 3.63) is 119 Å². The number of aromatic carboxylic acids is 1. The monoisotopic (exact) mass is 949 g/mol. The maximum atomic E-state index is 12.4. The van der Waals surface area contributed by atoms with Crippen LogP contribution in [-0.4, -0.2) is 85.9 Å². The second kappa shape index (κ2) is 20.9. The van der Waals surface area contributed by atoms with Gasteiger partial charge in [-0.1, -0.05) is 87.1 Å². The van der Waals surface area contributed by atoms with Crippen molar-refractivity contribution in [3.8, 4) is 22.5 Å². The predicted molar refractivity (Wildman–Crippen MR) is 282 cm³/mol. The second-order valence-corrected chi connectivity index (χ2v) is 21.0. The van der Waals surface area contributed by atoms with Gasteiger partial charge < -0.3 is 43.4 Å². The fourth-order valence-electron chi connectivity index (χ4n) is 13.1. The molecule has 71 heavy (non-hydrogen) atoms. The molecular formula is C59H69LiN6O5. The third kappa shape index (κ3) is 9.07. The molecule has 0 atom stereocenters. The van der Waals surface area contributed by atoms with Crippen LogP contribution in [-0.2, 0) is 44.0 Å². The van der Waals surface area contributed by atoms with E-state index >= 15 is 0 Å². The molecule has 4 aliphatic rings. The molecule has 0 unspecified atom stereocenters. The fraction of sp³-hybridized carbons (Fsp3) is 0.424. The Morgan fingerprint density at radius 3 is 1.41 bits per heavy atom. The van der Waals surface area contributed by atoms with Crippen molar-refractivity contribution in [2.75, 3.05) is 35.3 Å². The normalized spacial score (nSPS) is 16.1. The Morgan fingerprint density at radius 1 is 0.563 bits per heavy atom. The smallest absolute Gasteiger partial charge is 0.870 e. The molecule has 11 nitrogen and oxygen atoms in total. The minimum atomic E-state index is -0.855. The van der Waals surface area contributed by atoms with Crippen LogP contribution in [0.3, 0.4) is 0 Å². The zero-order chi connectivity index (χ0) is 47.5. The van der Waals surface area contributed by atoms with Crippen LogP contribution in [0.25, 0.3) is 66.1 Å². The van der Waals surface area contributed by atoms with E-state index in [0.717, 1.165) is 57.6 Å². The first-order valence-corrected chi connectivity index (χ1v) is 25.8. The summed E-state index contributed by atoms with van der Waals surface area (Å²) >= 11 is 0. The molecule has 2 aliphatic carbocycles. The predicted octanol–water partition coefficient (Wildman–Crippen LogP) is 9.86. The standard InChI is InChI=1S/C30H35N3O2.C29H33N3O2.Li.H2O/c1-31(2)19-23-17-21-11-7-12-25-28(21)32(23)15-8-16-33-26-18-22(30(34)35-3)13-14-24(26)27(29(25)33)20-9-5-4-6-10-20;1-30(2)18-22-16-20-10-6-11-24-27(20)31(22)14-7-15-32-25-17-21(29(33)34)12-13-23(25)26(28(24)32)19-8-4-3-5-9-19;;/h7,11-14,17-18,20H,4-6,8-10,15-16,19H2,1-3H3;6,10-13,16-17,19H,3-5,7-9,14-15,18H2,1-2H3,(H,33,34);;1H2/q;;+1;/p-1. The van der Waals surface area contributed by atoms with Crippen molar-refractivity contribution in [2.24, 2.45) is 0 Å². The number of para-hydroxylation sites is 2. The average molecular weight is 949 g/mol. The summed E-state index contributed by atoms with van der Waals surface area (Å²) in [6, 6.07) is 30.3. The number of rotatable bonds is 8. The number of methoxy groups -OCH3 is 1. The van der Waals surface area contributed by atoms with Crippen LogP contribution in [0.2, 0.25) is 0 Å². The Morgan fingerprint density at radius 2 is 0.986 bits per heavy atom. The Bertz CT molecular complexity index is 3270. The molecule has 0 saturated heterocycles. The third-order valence-electron chi connectivity index (χ3n) is 15.9. The molecule has 2 aliphatic heterocycles. The summed E-state index contributed by atoms with van der Waals surface area (Å²) in [4.78, 5) is 28.8. The SMILES string of the molecule is CN(C)Cc1cc2cccc3c2n1CCCn1c-3c(C2CCCCC2)c2ccc(C(=O)O)cc21.COC(=O)c1ccc2c(C3CCCCC3)c3n(c2c1)CCCn1c(CN(C)C)cc2cccc-3c21.[Li+].[OH-]. The van der Waals surface area contributed by atoms with E-state index in [1.54, 1.807) is 6.07 Å². The van der Waals surface area contributed by atoms with Gasteiger partial charge in [-0.25, -0.2) is 9.59 Å². The maximum absolute atomic E-state index is 12.4. The van der Waals surface area contributed by atoms with E-state index in [9.17, 15) is 14.7 Å². The van der Waals surface area contributed by atoms with Gasteiger partial charge in [0.1, 0.15) is 0 Å². The molecular weight excluding hydrogens is 880 g/mol. The van der Waals surface area contributed by atoms with E-state index in [-0.39, 0.29) is 30.3 Å². The number of benzene rings is 4. The van der Waals surface area contributed by atoms with E-state index in [4.69, 9.17) is 4.74 Å².